The van der Waals surface area contributed by atoms with Gasteiger partial charge in [0.05, 0.1) is 12.3 Å². The maximum Gasteiger partial charge on any atom is 0.413 e. The van der Waals surface area contributed by atoms with Gasteiger partial charge in [0.15, 0.2) is 0 Å². The largest absolute Gasteiger partial charge is 0.461 e. The molecular formula is C48H47N5O9. The number of carbonyl (C=O) groups excluding carboxylic acids is 6. The van der Waals surface area contributed by atoms with Crippen molar-refractivity contribution in [2.24, 2.45) is 5.92 Å². The standard InChI is InChI=1S/C48H47N5O9/c49-43(52-48(59)62-32-36-19-11-4-12-20-36)37-21-23-38(24-22-37)46(57)53-26-25-39(29-53)44(55)50-40(28-42(54)60-30-34-15-7-2-8-16-34)45(56)51-41(27-33-13-5-1-6-14-33)47(58)61-31-35-17-9-3-10-18-35/h1-24,39-41H,25-32H2,(H,50,55)(H,51,56)(H2,49,52,59)/t39-,40+,41+/m1/s1. The van der Waals surface area contributed by atoms with E-state index in [0.717, 1.165) is 22.3 Å². The predicted molar refractivity (Wildman–Crippen MR) is 228 cm³/mol. The average Bonchev–Trinajstić information content (AvgIpc) is 3.81. The number of rotatable bonds is 17. The Morgan fingerprint density at radius 3 is 1.66 bits per heavy atom. The molecule has 4 amide bonds. The van der Waals surface area contributed by atoms with Crippen molar-refractivity contribution in [2.45, 2.75) is 51.2 Å². The van der Waals surface area contributed by atoms with E-state index in [1.165, 1.54) is 29.2 Å². The van der Waals surface area contributed by atoms with Gasteiger partial charge in [0, 0.05) is 30.6 Å². The number of carbonyl (C=O) groups is 6. The normalized spacial score (nSPS) is 14.1. The number of benzene rings is 5. The van der Waals surface area contributed by atoms with E-state index >= 15 is 0 Å². The lowest BCUT2D eigenvalue weighted by molar-refractivity contribution is -0.150. The van der Waals surface area contributed by atoms with Crippen LogP contribution in [-0.2, 0) is 59.6 Å². The van der Waals surface area contributed by atoms with Crippen LogP contribution in [0.4, 0.5) is 4.79 Å². The van der Waals surface area contributed by atoms with E-state index < -0.39 is 54.3 Å². The molecule has 1 fully saturated rings. The van der Waals surface area contributed by atoms with Crippen LogP contribution < -0.4 is 16.0 Å². The van der Waals surface area contributed by atoms with Gasteiger partial charge in [0.1, 0.15) is 37.7 Å². The van der Waals surface area contributed by atoms with E-state index in [-0.39, 0.29) is 57.5 Å². The lowest BCUT2D eigenvalue weighted by Crippen LogP contribution is -2.54. The number of nitrogens with one attached hydrogen (secondary N) is 4. The summed E-state index contributed by atoms with van der Waals surface area (Å²) in [5.74, 6) is -4.08. The van der Waals surface area contributed by atoms with Gasteiger partial charge in [-0.25, -0.2) is 9.59 Å². The lowest BCUT2D eigenvalue weighted by Gasteiger charge is -2.24. The van der Waals surface area contributed by atoms with Crippen LogP contribution in [0.5, 0.6) is 0 Å². The molecule has 3 atom stereocenters. The first-order valence-electron chi connectivity index (χ1n) is 20.1. The zero-order chi connectivity index (χ0) is 43.7. The number of likely N-dealkylation sites (tertiary alicyclic amines) is 1. The second-order valence-electron chi connectivity index (χ2n) is 14.6. The van der Waals surface area contributed by atoms with Gasteiger partial charge in [-0.15, -0.1) is 0 Å². The van der Waals surface area contributed by atoms with Gasteiger partial charge in [-0.2, -0.15) is 0 Å². The van der Waals surface area contributed by atoms with Crippen LogP contribution in [0.2, 0.25) is 0 Å². The molecule has 0 saturated carbocycles. The SMILES string of the molecule is N=C(NC(=O)OCc1ccccc1)c1ccc(C(=O)N2CC[C@@H](C(=O)N[C@@H](CC(=O)OCc3ccccc3)C(=O)N[C@@H](Cc3ccccc3)C(=O)OCc3ccccc3)C2)cc1. The topological polar surface area (TPSA) is 193 Å². The van der Waals surface area contributed by atoms with E-state index in [9.17, 15) is 28.8 Å². The molecule has 1 aliphatic rings. The van der Waals surface area contributed by atoms with Crippen LogP contribution in [0.25, 0.3) is 0 Å². The maximum atomic E-state index is 14.0. The number of alkyl carbamates (subject to hydrolysis) is 1. The summed E-state index contributed by atoms with van der Waals surface area (Å²) >= 11 is 0. The first-order chi connectivity index (χ1) is 30.1. The second kappa shape index (κ2) is 22.1. The number of hydrogen-bond donors (Lipinski definition) is 4. The Kier molecular flexibility index (Phi) is 15.7. The lowest BCUT2D eigenvalue weighted by atomic mass is 10.0. The molecule has 62 heavy (non-hydrogen) atoms. The summed E-state index contributed by atoms with van der Waals surface area (Å²) in [4.78, 5) is 81.7. The smallest absolute Gasteiger partial charge is 0.413 e. The van der Waals surface area contributed by atoms with Gasteiger partial charge in [-0.05, 0) is 40.8 Å². The third kappa shape index (κ3) is 13.2. The molecule has 0 spiro atoms. The van der Waals surface area contributed by atoms with Crippen molar-refractivity contribution in [2.75, 3.05) is 13.1 Å². The minimum atomic E-state index is -1.43. The molecule has 0 radical (unpaired) electrons. The molecule has 1 heterocycles. The highest BCUT2D eigenvalue weighted by atomic mass is 16.5. The second-order valence-corrected chi connectivity index (χ2v) is 14.6. The molecular weight excluding hydrogens is 791 g/mol. The van der Waals surface area contributed by atoms with E-state index in [1.807, 2.05) is 60.7 Å². The summed E-state index contributed by atoms with van der Waals surface area (Å²) in [6, 6.07) is 39.7. The van der Waals surface area contributed by atoms with Crippen LogP contribution in [0.1, 0.15) is 51.0 Å². The molecule has 6 rings (SSSR count). The van der Waals surface area contributed by atoms with Crippen molar-refractivity contribution >= 4 is 41.6 Å². The molecule has 1 aliphatic heterocycles. The molecule has 14 heteroatoms. The molecule has 318 valence electrons. The van der Waals surface area contributed by atoms with Crippen LogP contribution in [0.3, 0.4) is 0 Å². The van der Waals surface area contributed by atoms with E-state index in [0.29, 0.717) is 11.1 Å². The van der Waals surface area contributed by atoms with Crippen LogP contribution in [0.15, 0.2) is 146 Å². The number of esters is 2. The van der Waals surface area contributed by atoms with Crippen LogP contribution in [0, 0.1) is 11.3 Å². The quantitative estimate of drug-likeness (QED) is 0.0406. The summed E-state index contributed by atoms with van der Waals surface area (Å²) in [6.45, 7) is 0.238. The molecule has 4 N–H and O–H groups in total. The molecule has 0 aromatic heterocycles. The number of amides is 4. The van der Waals surface area contributed by atoms with E-state index in [1.54, 1.807) is 60.7 Å². The van der Waals surface area contributed by atoms with Gasteiger partial charge in [0.25, 0.3) is 5.91 Å². The van der Waals surface area contributed by atoms with Gasteiger partial charge >= 0.3 is 18.0 Å². The fourth-order valence-electron chi connectivity index (χ4n) is 6.66. The summed E-state index contributed by atoms with van der Waals surface area (Å²) in [7, 11) is 0. The van der Waals surface area contributed by atoms with Crippen molar-refractivity contribution in [3.05, 3.63) is 179 Å². The van der Waals surface area contributed by atoms with Crippen molar-refractivity contribution in [1.82, 2.24) is 20.9 Å². The van der Waals surface area contributed by atoms with Gasteiger partial charge in [-0.3, -0.25) is 29.9 Å². The molecule has 14 nitrogen and oxygen atoms in total. The summed E-state index contributed by atoms with van der Waals surface area (Å²) in [5, 5.41) is 16.1. The Labute approximate surface area is 359 Å². The molecule has 0 aliphatic carbocycles. The predicted octanol–water partition coefficient (Wildman–Crippen LogP) is 5.49. The zero-order valence-electron chi connectivity index (χ0n) is 33.9. The van der Waals surface area contributed by atoms with Crippen LogP contribution >= 0.6 is 0 Å². The highest BCUT2D eigenvalue weighted by Gasteiger charge is 2.36. The minimum absolute atomic E-state index is 0.0270. The molecule has 1 saturated heterocycles. The third-order valence-corrected chi connectivity index (χ3v) is 10.1. The Morgan fingerprint density at radius 1 is 0.597 bits per heavy atom. The van der Waals surface area contributed by atoms with E-state index in [2.05, 4.69) is 16.0 Å². The van der Waals surface area contributed by atoms with Crippen LogP contribution in [-0.4, -0.2) is 71.7 Å². The van der Waals surface area contributed by atoms with Crippen molar-refractivity contribution in [3.8, 4) is 0 Å². The van der Waals surface area contributed by atoms with Crippen molar-refractivity contribution in [1.29, 1.82) is 5.41 Å². The van der Waals surface area contributed by atoms with Gasteiger partial charge < -0.3 is 29.7 Å². The molecule has 5 aromatic rings. The van der Waals surface area contributed by atoms with Gasteiger partial charge in [0.2, 0.25) is 11.8 Å². The number of hydrogen-bond acceptors (Lipinski definition) is 10. The van der Waals surface area contributed by atoms with Gasteiger partial charge in [-0.1, -0.05) is 133 Å². The number of amidine groups is 1. The fraction of sp³-hybridized carbons (Fsp3) is 0.229. The summed E-state index contributed by atoms with van der Waals surface area (Å²) in [6.07, 6.45) is -0.959. The molecule has 0 unspecified atom stereocenters. The number of ether oxygens (including phenoxy) is 3. The molecule has 0 bridgehead atoms. The number of nitrogens with zero attached hydrogens (tertiary/aromatic N) is 1. The maximum absolute atomic E-state index is 14.0. The summed E-state index contributed by atoms with van der Waals surface area (Å²) < 4.78 is 16.2. The monoisotopic (exact) mass is 837 g/mol. The highest BCUT2D eigenvalue weighted by Crippen LogP contribution is 2.20. The first kappa shape index (κ1) is 44.0. The highest BCUT2D eigenvalue weighted by molar-refractivity contribution is 6.05. The summed E-state index contributed by atoms with van der Waals surface area (Å²) in [5.41, 5.74) is 3.68. The zero-order valence-corrected chi connectivity index (χ0v) is 33.9. The first-order valence-corrected chi connectivity index (χ1v) is 20.1. The van der Waals surface area contributed by atoms with E-state index in [4.69, 9.17) is 19.6 Å². The minimum Gasteiger partial charge on any atom is -0.461 e. The Morgan fingerprint density at radius 2 is 1.10 bits per heavy atom. The third-order valence-electron chi connectivity index (χ3n) is 10.1. The Balaban J connectivity index is 1.08. The Bertz CT molecular complexity index is 2310. The molecule has 5 aromatic carbocycles. The average molecular weight is 838 g/mol. The Hall–Kier alpha value is -7.61. The van der Waals surface area contributed by atoms with Crippen molar-refractivity contribution < 1.29 is 43.0 Å². The van der Waals surface area contributed by atoms with Crippen molar-refractivity contribution in [3.63, 3.8) is 0 Å². The fourth-order valence-corrected chi connectivity index (χ4v) is 6.66.